The Morgan fingerprint density at radius 2 is 1.83 bits per heavy atom. The number of hydrogen-bond donors (Lipinski definition) is 2. The van der Waals surface area contributed by atoms with Crippen LogP contribution in [0.15, 0.2) is 42.5 Å². The molecule has 4 atom stereocenters. The van der Waals surface area contributed by atoms with E-state index in [1.54, 1.807) is 29.2 Å². The zero-order valence-electron chi connectivity index (χ0n) is 16.3. The lowest BCUT2D eigenvalue weighted by atomic mass is 9.76. The van der Waals surface area contributed by atoms with Crippen LogP contribution in [0.2, 0.25) is 5.02 Å². The molecule has 0 radical (unpaired) electrons. The van der Waals surface area contributed by atoms with Gasteiger partial charge in [0, 0.05) is 22.7 Å². The Morgan fingerprint density at radius 1 is 1.14 bits per heavy atom. The predicted molar refractivity (Wildman–Crippen MR) is 112 cm³/mol. The maximum absolute atomic E-state index is 13.7. The lowest BCUT2D eigenvalue weighted by Crippen LogP contribution is -2.56. The first-order valence-corrected chi connectivity index (χ1v) is 10.4. The lowest BCUT2D eigenvalue weighted by Gasteiger charge is -2.48. The van der Waals surface area contributed by atoms with E-state index in [1.807, 2.05) is 25.1 Å². The molecule has 2 aromatic rings. The summed E-state index contributed by atoms with van der Waals surface area (Å²) in [6.07, 6.45) is 3.63. The molecular formula is C23H25ClN2O3. The number of carboxylic acids is 1. The highest BCUT2D eigenvalue weighted by Gasteiger charge is 2.48. The van der Waals surface area contributed by atoms with E-state index in [0.717, 1.165) is 36.8 Å². The Bertz CT molecular complexity index is 944. The van der Waals surface area contributed by atoms with Crippen LogP contribution < -0.4 is 5.73 Å². The number of nitrogens with two attached hydrogens (primary N) is 1. The molecule has 0 saturated heterocycles. The summed E-state index contributed by atoms with van der Waals surface area (Å²) in [6.45, 7) is 1.91. The molecule has 4 rings (SSSR count). The third-order valence-electron chi connectivity index (χ3n) is 6.24. The molecule has 6 heteroatoms. The Balaban J connectivity index is 1.92. The van der Waals surface area contributed by atoms with Crippen molar-refractivity contribution in [2.45, 2.75) is 56.7 Å². The van der Waals surface area contributed by atoms with E-state index < -0.39 is 17.9 Å². The number of amides is 1. The van der Waals surface area contributed by atoms with E-state index in [1.165, 1.54) is 0 Å². The summed E-state index contributed by atoms with van der Waals surface area (Å²) < 4.78 is 0. The number of carboxylic acid groups (broad SMARTS) is 1. The highest BCUT2D eigenvalue weighted by Crippen LogP contribution is 2.46. The van der Waals surface area contributed by atoms with Crippen LogP contribution in [0.3, 0.4) is 0 Å². The maximum atomic E-state index is 13.7. The van der Waals surface area contributed by atoms with E-state index in [-0.39, 0.29) is 18.0 Å². The minimum Gasteiger partial charge on any atom is -0.481 e. The lowest BCUT2D eigenvalue weighted by molar-refractivity contribution is -0.141. The molecule has 1 saturated carbocycles. The summed E-state index contributed by atoms with van der Waals surface area (Å²) in [6, 6.07) is 11.6. The van der Waals surface area contributed by atoms with Gasteiger partial charge in [-0.15, -0.1) is 0 Å². The Kier molecular flexibility index (Phi) is 5.36. The molecule has 1 amide bonds. The van der Waals surface area contributed by atoms with Crippen molar-refractivity contribution in [2.75, 3.05) is 0 Å². The average molecular weight is 413 g/mol. The molecular weight excluding hydrogens is 388 g/mol. The fourth-order valence-electron chi connectivity index (χ4n) is 4.85. The number of aliphatic carboxylic acids is 1. The topological polar surface area (TPSA) is 83.6 Å². The van der Waals surface area contributed by atoms with Crippen LogP contribution in [0, 0.1) is 6.92 Å². The molecule has 0 spiro atoms. The second-order valence-corrected chi connectivity index (χ2v) is 8.57. The number of halogens is 1. The van der Waals surface area contributed by atoms with E-state index in [9.17, 15) is 14.7 Å². The molecule has 29 heavy (non-hydrogen) atoms. The Hall–Kier alpha value is -2.37. The third kappa shape index (κ3) is 3.53. The summed E-state index contributed by atoms with van der Waals surface area (Å²) in [7, 11) is 0. The molecule has 0 bridgehead atoms. The third-order valence-corrected chi connectivity index (χ3v) is 6.49. The average Bonchev–Trinajstić information content (AvgIpc) is 2.69. The van der Waals surface area contributed by atoms with Gasteiger partial charge < -0.3 is 15.7 Å². The zero-order valence-corrected chi connectivity index (χ0v) is 17.1. The fraction of sp³-hybridized carbons (Fsp3) is 0.391. The first-order chi connectivity index (χ1) is 13.9. The molecule has 1 heterocycles. The molecule has 2 aliphatic rings. The molecule has 152 valence electrons. The minimum atomic E-state index is -0.947. The summed E-state index contributed by atoms with van der Waals surface area (Å²) >= 11 is 6.07. The van der Waals surface area contributed by atoms with Gasteiger partial charge in [-0.05, 0) is 49.1 Å². The van der Waals surface area contributed by atoms with Crippen LogP contribution in [-0.2, 0) is 4.79 Å². The number of benzene rings is 2. The van der Waals surface area contributed by atoms with Gasteiger partial charge in [0.05, 0.1) is 6.04 Å². The second-order valence-electron chi connectivity index (χ2n) is 8.13. The predicted octanol–water partition coefficient (Wildman–Crippen LogP) is 4.28. The van der Waals surface area contributed by atoms with Crippen molar-refractivity contribution in [3.63, 3.8) is 0 Å². The van der Waals surface area contributed by atoms with Crippen LogP contribution in [0.4, 0.5) is 0 Å². The first kappa shape index (κ1) is 19.9. The molecule has 0 unspecified atom stereocenters. The van der Waals surface area contributed by atoms with Crippen LogP contribution >= 0.6 is 11.6 Å². The standard InChI is InChI=1S/C23H25ClN2O3/c1-13-6-11-16-17(12-13)22(27)26(19-5-3-2-4-18(19)25)21(20(16)23(28)29)14-7-9-15(24)10-8-14/h6-12,18-21H,2-5,25H2,1H3,(H,28,29)/t18-,19-,20+,21-/m0/s1. The van der Waals surface area contributed by atoms with Gasteiger partial charge in [-0.3, -0.25) is 9.59 Å². The minimum absolute atomic E-state index is 0.136. The number of carbonyl (C=O) groups is 2. The van der Waals surface area contributed by atoms with E-state index in [0.29, 0.717) is 16.1 Å². The highest BCUT2D eigenvalue weighted by molar-refractivity contribution is 6.30. The molecule has 0 aromatic heterocycles. The second kappa shape index (κ2) is 7.81. The van der Waals surface area contributed by atoms with Crippen LogP contribution in [0.25, 0.3) is 0 Å². The summed E-state index contributed by atoms with van der Waals surface area (Å²) in [5.74, 6) is -1.95. The SMILES string of the molecule is Cc1ccc2c(c1)C(=O)N([C@H]1CCCC[C@@H]1N)[C@@H](c1ccc(Cl)cc1)[C@@H]2C(=O)O. The van der Waals surface area contributed by atoms with Crippen molar-refractivity contribution in [1.82, 2.24) is 4.90 Å². The number of fused-ring (bicyclic) bond motifs is 1. The van der Waals surface area contributed by atoms with Crippen LogP contribution in [0.5, 0.6) is 0 Å². The van der Waals surface area contributed by atoms with Gasteiger partial charge in [-0.2, -0.15) is 0 Å². The molecule has 1 fully saturated rings. The summed E-state index contributed by atoms with van der Waals surface area (Å²) in [5, 5.41) is 10.8. The van der Waals surface area contributed by atoms with Crippen LogP contribution in [-0.4, -0.2) is 34.0 Å². The van der Waals surface area contributed by atoms with Gasteiger partial charge >= 0.3 is 5.97 Å². The van der Waals surface area contributed by atoms with Gasteiger partial charge in [0.1, 0.15) is 5.92 Å². The maximum Gasteiger partial charge on any atom is 0.313 e. The smallest absolute Gasteiger partial charge is 0.313 e. The van der Waals surface area contributed by atoms with Crippen molar-refractivity contribution >= 4 is 23.5 Å². The normalized spacial score (nSPS) is 26.9. The van der Waals surface area contributed by atoms with Crippen molar-refractivity contribution < 1.29 is 14.7 Å². The summed E-state index contributed by atoms with van der Waals surface area (Å²) in [5.41, 5.74) is 9.17. The quantitative estimate of drug-likeness (QED) is 0.787. The molecule has 2 aromatic carbocycles. The molecule has 5 nitrogen and oxygen atoms in total. The fourth-order valence-corrected chi connectivity index (χ4v) is 4.97. The van der Waals surface area contributed by atoms with Crippen molar-refractivity contribution in [3.8, 4) is 0 Å². The van der Waals surface area contributed by atoms with E-state index in [4.69, 9.17) is 17.3 Å². The first-order valence-electron chi connectivity index (χ1n) is 10.1. The van der Waals surface area contributed by atoms with Gasteiger partial charge in [0.2, 0.25) is 0 Å². The van der Waals surface area contributed by atoms with Crippen molar-refractivity contribution in [2.24, 2.45) is 5.73 Å². The summed E-state index contributed by atoms with van der Waals surface area (Å²) in [4.78, 5) is 27.9. The van der Waals surface area contributed by atoms with Gasteiger partial charge in [0.25, 0.3) is 5.91 Å². The van der Waals surface area contributed by atoms with Gasteiger partial charge in [-0.25, -0.2) is 0 Å². The molecule has 3 N–H and O–H groups in total. The van der Waals surface area contributed by atoms with E-state index in [2.05, 4.69) is 0 Å². The monoisotopic (exact) mass is 412 g/mol. The highest BCUT2D eigenvalue weighted by atomic mass is 35.5. The Labute approximate surface area is 175 Å². The number of hydrogen-bond acceptors (Lipinski definition) is 3. The van der Waals surface area contributed by atoms with Gasteiger partial charge in [0.15, 0.2) is 0 Å². The molecule has 1 aliphatic heterocycles. The number of nitrogens with zero attached hydrogens (tertiary/aromatic N) is 1. The Morgan fingerprint density at radius 3 is 2.48 bits per heavy atom. The van der Waals surface area contributed by atoms with Gasteiger partial charge in [-0.1, -0.05) is 54.3 Å². The molecule has 1 aliphatic carbocycles. The number of carbonyl (C=O) groups excluding carboxylic acids is 1. The number of rotatable bonds is 3. The number of aryl methyl sites for hydroxylation is 1. The van der Waals surface area contributed by atoms with Crippen molar-refractivity contribution in [3.05, 3.63) is 69.7 Å². The zero-order chi connectivity index (χ0) is 20.7. The van der Waals surface area contributed by atoms with Crippen molar-refractivity contribution in [1.29, 1.82) is 0 Å². The van der Waals surface area contributed by atoms with Crippen LogP contribution in [0.1, 0.15) is 64.7 Å². The van der Waals surface area contributed by atoms with E-state index >= 15 is 0 Å². The largest absolute Gasteiger partial charge is 0.481 e.